The van der Waals surface area contributed by atoms with E-state index >= 15 is 0 Å². The van der Waals surface area contributed by atoms with Crippen LogP contribution in [0.3, 0.4) is 0 Å². The largest absolute Gasteiger partial charge is 0.463 e. The maximum atomic E-state index is 13.0. The van der Waals surface area contributed by atoms with Gasteiger partial charge in [-0.15, -0.1) is 0 Å². The Bertz CT molecular complexity index is 1690. The first-order valence-corrected chi connectivity index (χ1v) is 19.9. The molecule has 1 aliphatic rings. The number of halogens is 1. The number of ether oxygens (including phenoxy) is 3. The first kappa shape index (κ1) is 45.6. The van der Waals surface area contributed by atoms with E-state index < -0.39 is 17.9 Å². The number of benzene rings is 1. The molecule has 0 radical (unpaired) electrons. The lowest BCUT2D eigenvalue weighted by Gasteiger charge is -2.35. The van der Waals surface area contributed by atoms with E-state index in [1.54, 1.807) is 13.2 Å². The number of aromatic nitrogens is 3. The third-order valence-electron chi connectivity index (χ3n) is 8.26. The molecule has 2 amide bonds. The van der Waals surface area contributed by atoms with Gasteiger partial charge >= 0.3 is 5.97 Å². The van der Waals surface area contributed by atoms with Crippen molar-refractivity contribution in [2.24, 2.45) is 5.92 Å². The van der Waals surface area contributed by atoms with Crippen LogP contribution in [0.15, 0.2) is 30.5 Å². The number of nitrogens with zero attached hydrogens (tertiary/aromatic N) is 5. The number of amides is 2. The van der Waals surface area contributed by atoms with Gasteiger partial charge in [-0.1, -0.05) is 48.9 Å². The fraction of sp³-hybridized carbons (Fsp3) is 0.568. The summed E-state index contributed by atoms with van der Waals surface area (Å²) in [5.74, 6) is 0.840. The van der Waals surface area contributed by atoms with E-state index in [0.29, 0.717) is 71.6 Å². The van der Waals surface area contributed by atoms with E-state index in [1.807, 2.05) is 45.9 Å². The van der Waals surface area contributed by atoms with Crippen molar-refractivity contribution >= 4 is 63.2 Å². The van der Waals surface area contributed by atoms with Crippen LogP contribution >= 0.6 is 22.9 Å². The number of methoxy groups -OCH3 is 1. The number of carbonyl (C=O) groups excluding carboxylic acids is 3. The standard InChI is InChI=1S/C37H53ClN8O10S/c1-25(2)21-29(42-33(47)24-51-16-18-54-56-20-19-55-53-17-15-50-5)36(49)52-14-13-45-9-11-46(12-10-45)32-22-31(40-27(4)41-32)43-37-39-23-30(57-37)35(48)44-34-26(3)7-6-8-28(34)38/h6-8,22-23,25,29H,9-21,24H2,1-5H3,(H,42,47)(H,44,48)(H,39,40,41,43)/t29-/m1/s1. The molecule has 18 nitrogen and oxygen atoms in total. The highest BCUT2D eigenvalue weighted by Crippen LogP contribution is 2.28. The minimum absolute atomic E-state index is 0.101. The van der Waals surface area contributed by atoms with E-state index in [-0.39, 0.29) is 51.5 Å². The van der Waals surface area contributed by atoms with Gasteiger partial charge < -0.3 is 35.1 Å². The number of carbonyl (C=O) groups is 3. The molecule has 2 aromatic heterocycles. The Morgan fingerprint density at radius 2 is 1.63 bits per heavy atom. The van der Waals surface area contributed by atoms with Crippen LogP contribution in [0.4, 0.5) is 22.5 Å². The molecule has 57 heavy (non-hydrogen) atoms. The molecule has 1 aromatic carbocycles. The highest BCUT2D eigenvalue weighted by atomic mass is 35.5. The number of esters is 1. The molecule has 0 bridgehead atoms. The van der Waals surface area contributed by atoms with E-state index in [2.05, 4.69) is 40.7 Å². The van der Waals surface area contributed by atoms with Crippen LogP contribution in [0.25, 0.3) is 0 Å². The summed E-state index contributed by atoms with van der Waals surface area (Å²) in [4.78, 5) is 76.4. The lowest BCUT2D eigenvalue weighted by atomic mass is 10.0. The van der Waals surface area contributed by atoms with Crippen molar-refractivity contribution in [3.8, 4) is 0 Å². The summed E-state index contributed by atoms with van der Waals surface area (Å²) in [5.41, 5.74) is 1.43. The van der Waals surface area contributed by atoms with Crippen LogP contribution in [0.1, 0.15) is 41.3 Å². The summed E-state index contributed by atoms with van der Waals surface area (Å²) in [6.07, 6.45) is 1.94. The lowest BCUT2D eigenvalue weighted by Crippen LogP contribution is -2.48. The maximum Gasteiger partial charge on any atom is 0.328 e. The molecule has 0 spiro atoms. The molecule has 20 heteroatoms. The fourth-order valence-electron chi connectivity index (χ4n) is 5.47. The normalized spacial score (nSPS) is 13.8. The first-order valence-electron chi connectivity index (χ1n) is 18.7. The Kier molecular flexibility index (Phi) is 19.7. The maximum absolute atomic E-state index is 13.0. The van der Waals surface area contributed by atoms with Crippen molar-refractivity contribution in [2.45, 2.75) is 40.2 Å². The number of anilines is 4. The van der Waals surface area contributed by atoms with Crippen LogP contribution in [-0.2, 0) is 43.3 Å². The van der Waals surface area contributed by atoms with Crippen LogP contribution in [0.2, 0.25) is 5.02 Å². The fourth-order valence-corrected chi connectivity index (χ4v) is 6.45. The molecular weight excluding hydrogens is 784 g/mol. The number of aryl methyl sites for hydroxylation is 2. The zero-order chi connectivity index (χ0) is 41.0. The summed E-state index contributed by atoms with van der Waals surface area (Å²) in [6, 6.07) is 6.50. The first-order chi connectivity index (χ1) is 27.5. The Morgan fingerprint density at radius 1 is 0.930 bits per heavy atom. The minimum Gasteiger partial charge on any atom is -0.463 e. The molecule has 3 heterocycles. The average molecular weight is 837 g/mol. The van der Waals surface area contributed by atoms with Gasteiger partial charge in [-0.2, -0.15) is 0 Å². The van der Waals surface area contributed by atoms with Crippen molar-refractivity contribution in [3.05, 3.63) is 51.7 Å². The zero-order valence-electron chi connectivity index (χ0n) is 33.0. The highest BCUT2D eigenvalue weighted by molar-refractivity contribution is 7.17. The molecule has 0 saturated carbocycles. The van der Waals surface area contributed by atoms with E-state index in [1.165, 1.54) is 17.5 Å². The second-order valence-corrected chi connectivity index (χ2v) is 14.7. The van der Waals surface area contributed by atoms with Gasteiger partial charge in [0.2, 0.25) is 5.91 Å². The van der Waals surface area contributed by atoms with Gasteiger partial charge in [0.1, 0.15) is 68.0 Å². The Hall–Kier alpha value is -4.05. The third kappa shape index (κ3) is 16.4. The molecule has 3 aromatic rings. The molecule has 4 rings (SSSR count). The quantitative estimate of drug-likeness (QED) is 0.0480. The van der Waals surface area contributed by atoms with Crippen molar-refractivity contribution in [1.82, 2.24) is 25.2 Å². The van der Waals surface area contributed by atoms with E-state index in [4.69, 9.17) is 45.4 Å². The van der Waals surface area contributed by atoms with Gasteiger partial charge in [-0.05, 0) is 37.8 Å². The van der Waals surface area contributed by atoms with Crippen LogP contribution in [0, 0.1) is 19.8 Å². The second kappa shape index (κ2) is 24.7. The van der Waals surface area contributed by atoms with Gasteiger partial charge in [-0.25, -0.2) is 39.3 Å². The van der Waals surface area contributed by atoms with Gasteiger partial charge in [0.05, 0.1) is 30.1 Å². The highest BCUT2D eigenvalue weighted by Gasteiger charge is 2.25. The number of hydrogen-bond donors (Lipinski definition) is 3. The van der Waals surface area contributed by atoms with Crippen molar-refractivity contribution < 1.29 is 48.1 Å². The van der Waals surface area contributed by atoms with Crippen molar-refractivity contribution in [3.63, 3.8) is 0 Å². The minimum atomic E-state index is -0.793. The monoisotopic (exact) mass is 836 g/mol. The Labute approximate surface area is 341 Å². The molecule has 3 N–H and O–H groups in total. The lowest BCUT2D eigenvalue weighted by molar-refractivity contribution is -0.343. The van der Waals surface area contributed by atoms with Gasteiger partial charge in [0, 0.05) is 45.9 Å². The number of hydrogen-bond acceptors (Lipinski definition) is 17. The number of thiazole rings is 1. The summed E-state index contributed by atoms with van der Waals surface area (Å²) >= 11 is 7.48. The summed E-state index contributed by atoms with van der Waals surface area (Å²) in [6.45, 7) is 12.3. The molecule has 1 fully saturated rings. The zero-order valence-corrected chi connectivity index (χ0v) is 34.6. The Morgan fingerprint density at radius 3 is 2.32 bits per heavy atom. The smallest absolute Gasteiger partial charge is 0.328 e. The summed E-state index contributed by atoms with van der Waals surface area (Å²) in [5, 5.41) is 9.78. The molecule has 1 atom stereocenters. The predicted molar refractivity (Wildman–Crippen MR) is 214 cm³/mol. The molecule has 1 aliphatic heterocycles. The molecule has 0 unspecified atom stereocenters. The number of piperazine rings is 1. The van der Waals surface area contributed by atoms with Gasteiger partial charge in [0.25, 0.3) is 5.91 Å². The van der Waals surface area contributed by atoms with Gasteiger partial charge in [0.15, 0.2) is 5.13 Å². The van der Waals surface area contributed by atoms with Crippen molar-refractivity contribution in [1.29, 1.82) is 0 Å². The number of para-hydroxylation sites is 1. The van der Waals surface area contributed by atoms with E-state index in [9.17, 15) is 14.4 Å². The summed E-state index contributed by atoms with van der Waals surface area (Å²) < 4.78 is 15.8. The topological polar surface area (TPSA) is 197 Å². The van der Waals surface area contributed by atoms with Crippen LogP contribution < -0.4 is 20.9 Å². The SMILES string of the molecule is COCCOOCCOOCCOCC(=O)N[C@H](CC(C)C)C(=O)OCCN1CCN(c2cc(Nc3ncc(C(=O)Nc4c(C)cccc4Cl)s3)nc(C)n2)CC1. The number of rotatable bonds is 25. The molecule has 0 aliphatic carbocycles. The third-order valence-corrected chi connectivity index (χ3v) is 9.48. The predicted octanol–water partition coefficient (Wildman–Crippen LogP) is 3.95. The molecule has 1 saturated heterocycles. The van der Waals surface area contributed by atoms with Gasteiger partial charge in [-0.3, -0.25) is 14.5 Å². The number of nitrogens with one attached hydrogen (secondary N) is 3. The summed E-state index contributed by atoms with van der Waals surface area (Å²) in [7, 11) is 1.56. The Balaban J connectivity index is 1.14. The molecular formula is C37H53ClN8O10S. The average Bonchev–Trinajstić information content (AvgIpc) is 3.65. The van der Waals surface area contributed by atoms with Crippen LogP contribution in [-0.4, -0.2) is 136 Å². The van der Waals surface area contributed by atoms with Crippen molar-refractivity contribution in [2.75, 3.05) is 108 Å². The van der Waals surface area contributed by atoms with Crippen LogP contribution in [0.5, 0.6) is 0 Å². The second-order valence-electron chi connectivity index (χ2n) is 13.3. The van der Waals surface area contributed by atoms with E-state index in [0.717, 1.165) is 24.5 Å². The molecule has 314 valence electrons.